The number of rotatable bonds is 5. The molecule has 0 atom stereocenters. The summed E-state index contributed by atoms with van der Waals surface area (Å²) in [5.41, 5.74) is 2.61. The van der Waals surface area contributed by atoms with E-state index in [1.54, 1.807) is 30.5 Å². The average Bonchev–Trinajstić information content (AvgIpc) is 2.62. The Hall–Kier alpha value is -3.41. The summed E-state index contributed by atoms with van der Waals surface area (Å²) in [4.78, 5) is 18.8. The van der Waals surface area contributed by atoms with E-state index in [1.807, 2.05) is 43.3 Å². The van der Waals surface area contributed by atoms with E-state index in [-0.39, 0.29) is 11.7 Å². The molecular formula is C20H19FN4O. The third kappa shape index (κ3) is 4.16. The number of pyridine rings is 1. The second kappa shape index (κ2) is 7.65. The van der Waals surface area contributed by atoms with Gasteiger partial charge in [0.15, 0.2) is 0 Å². The van der Waals surface area contributed by atoms with Gasteiger partial charge >= 0.3 is 0 Å². The standard InChI is InChI=1S/C20H19FN4O/c1-25(2)17-10-8-15(9-11-17)24-20(26)18-7-4-12-22-19(18)23-16-6-3-5-14(21)13-16/h3-13H,1-2H3,(H,22,23)(H,24,26). The second-order valence-corrected chi connectivity index (χ2v) is 5.93. The Labute approximate surface area is 151 Å². The van der Waals surface area contributed by atoms with Crippen LogP contribution in [0.15, 0.2) is 66.9 Å². The summed E-state index contributed by atoms with van der Waals surface area (Å²) in [5.74, 6) is -0.298. The van der Waals surface area contributed by atoms with E-state index < -0.39 is 0 Å². The van der Waals surface area contributed by atoms with Crippen LogP contribution in [0.5, 0.6) is 0 Å². The monoisotopic (exact) mass is 350 g/mol. The van der Waals surface area contributed by atoms with Gasteiger partial charge in [-0.15, -0.1) is 0 Å². The molecule has 0 radical (unpaired) electrons. The molecule has 0 aliphatic rings. The minimum atomic E-state index is -0.363. The van der Waals surface area contributed by atoms with Crippen LogP contribution < -0.4 is 15.5 Å². The normalized spacial score (nSPS) is 10.3. The molecule has 2 aromatic carbocycles. The van der Waals surface area contributed by atoms with Crippen molar-refractivity contribution in [1.82, 2.24) is 4.98 Å². The highest BCUT2D eigenvalue weighted by Gasteiger charge is 2.13. The third-order valence-electron chi connectivity index (χ3n) is 3.78. The van der Waals surface area contributed by atoms with Crippen molar-refractivity contribution in [3.8, 4) is 0 Å². The van der Waals surface area contributed by atoms with E-state index in [0.29, 0.717) is 22.8 Å². The van der Waals surface area contributed by atoms with Crippen molar-refractivity contribution in [3.63, 3.8) is 0 Å². The molecule has 2 N–H and O–H groups in total. The fraction of sp³-hybridized carbons (Fsp3) is 0.100. The number of benzene rings is 2. The fourth-order valence-electron chi connectivity index (χ4n) is 2.43. The molecule has 26 heavy (non-hydrogen) atoms. The fourth-order valence-corrected chi connectivity index (χ4v) is 2.43. The van der Waals surface area contributed by atoms with Crippen molar-refractivity contribution in [2.75, 3.05) is 29.6 Å². The van der Waals surface area contributed by atoms with Crippen molar-refractivity contribution >= 4 is 28.8 Å². The van der Waals surface area contributed by atoms with Gasteiger partial charge in [-0.25, -0.2) is 9.37 Å². The molecule has 5 nitrogen and oxygen atoms in total. The van der Waals surface area contributed by atoms with Crippen LogP contribution in [0.4, 0.5) is 27.3 Å². The van der Waals surface area contributed by atoms with Crippen LogP contribution >= 0.6 is 0 Å². The van der Waals surface area contributed by atoms with E-state index in [4.69, 9.17) is 0 Å². The highest BCUT2D eigenvalue weighted by Crippen LogP contribution is 2.21. The molecule has 1 heterocycles. The summed E-state index contributed by atoms with van der Waals surface area (Å²) in [5, 5.41) is 5.84. The van der Waals surface area contributed by atoms with E-state index in [2.05, 4.69) is 15.6 Å². The van der Waals surface area contributed by atoms with Gasteiger partial charge in [0.25, 0.3) is 5.91 Å². The Kier molecular flexibility index (Phi) is 5.12. The zero-order chi connectivity index (χ0) is 18.5. The quantitative estimate of drug-likeness (QED) is 0.721. The van der Waals surface area contributed by atoms with Crippen LogP contribution in [0.3, 0.4) is 0 Å². The van der Waals surface area contributed by atoms with Crippen LogP contribution in [0.2, 0.25) is 0 Å². The molecule has 0 saturated carbocycles. The lowest BCUT2D eigenvalue weighted by atomic mass is 10.2. The summed E-state index contributed by atoms with van der Waals surface area (Å²) in [6, 6.07) is 16.9. The molecule has 3 rings (SSSR count). The summed E-state index contributed by atoms with van der Waals surface area (Å²) in [6.45, 7) is 0. The predicted octanol–water partition coefficient (Wildman–Crippen LogP) is 4.28. The van der Waals surface area contributed by atoms with E-state index in [0.717, 1.165) is 5.69 Å². The Morgan fingerprint density at radius 3 is 2.46 bits per heavy atom. The molecule has 3 aromatic rings. The summed E-state index contributed by atoms with van der Waals surface area (Å²) >= 11 is 0. The van der Waals surface area contributed by atoms with Crippen molar-refractivity contribution < 1.29 is 9.18 Å². The van der Waals surface area contributed by atoms with Gasteiger partial charge in [0.1, 0.15) is 11.6 Å². The minimum absolute atomic E-state index is 0.297. The first-order chi connectivity index (χ1) is 12.5. The molecule has 6 heteroatoms. The van der Waals surface area contributed by atoms with Crippen molar-refractivity contribution in [1.29, 1.82) is 0 Å². The Morgan fingerprint density at radius 2 is 1.77 bits per heavy atom. The summed E-state index contributed by atoms with van der Waals surface area (Å²) in [6.07, 6.45) is 1.57. The topological polar surface area (TPSA) is 57.3 Å². The van der Waals surface area contributed by atoms with Gasteiger partial charge in [0, 0.05) is 37.4 Å². The maximum atomic E-state index is 13.4. The van der Waals surface area contributed by atoms with Gasteiger partial charge in [0.05, 0.1) is 5.56 Å². The largest absolute Gasteiger partial charge is 0.378 e. The lowest BCUT2D eigenvalue weighted by molar-refractivity contribution is 0.102. The number of hydrogen-bond acceptors (Lipinski definition) is 4. The maximum absolute atomic E-state index is 13.4. The molecule has 0 unspecified atom stereocenters. The maximum Gasteiger partial charge on any atom is 0.259 e. The van der Waals surface area contributed by atoms with E-state index in [9.17, 15) is 9.18 Å². The first-order valence-electron chi connectivity index (χ1n) is 8.09. The van der Waals surface area contributed by atoms with Crippen LogP contribution in [0.1, 0.15) is 10.4 Å². The van der Waals surface area contributed by atoms with Gasteiger partial charge in [-0.3, -0.25) is 4.79 Å². The first-order valence-corrected chi connectivity index (χ1v) is 8.09. The molecule has 0 bridgehead atoms. The highest BCUT2D eigenvalue weighted by molar-refractivity contribution is 6.07. The van der Waals surface area contributed by atoms with Gasteiger partial charge in [-0.2, -0.15) is 0 Å². The SMILES string of the molecule is CN(C)c1ccc(NC(=O)c2cccnc2Nc2cccc(F)c2)cc1. The number of anilines is 4. The number of hydrogen-bond donors (Lipinski definition) is 2. The molecule has 0 saturated heterocycles. The molecule has 1 amide bonds. The van der Waals surface area contributed by atoms with Crippen molar-refractivity contribution in [2.45, 2.75) is 0 Å². The lowest BCUT2D eigenvalue weighted by Gasteiger charge is -2.14. The smallest absolute Gasteiger partial charge is 0.259 e. The van der Waals surface area contributed by atoms with Crippen molar-refractivity contribution in [2.24, 2.45) is 0 Å². The number of aromatic nitrogens is 1. The number of halogens is 1. The first kappa shape index (κ1) is 17.4. The molecular weight excluding hydrogens is 331 g/mol. The van der Waals surface area contributed by atoms with Crippen LogP contribution in [0, 0.1) is 5.82 Å². The zero-order valence-corrected chi connectivity index (χ0v) is 14.5. The number of nitrogens with zero attached hydrogens (tertiary/aromatic N) is 2. The molecule has 132 valence electrons. The second-order valence-electron chi connectivity index (χ2n) is 5.93. The third-order valence-corrected chi connectivity index (χ3v) is 3.78. The Bertz CT molecular complexity index is 910. The molecule has 0 aliphatic heterocycles. The van der Waals surface area contributed by atoms with Crippen LogP contribution in [-0.4, -0.2) is 25.0 Å². The number of amides is 1. The molecule has 1 aromatic heterocycles. The molecule has 0 fully saturated rings. The van der Waals surface area contributed by atoms with Gasteiger partial charge < -0.3 is 15.5 Å². The van der Waals surface area contributed by atoms with Crippen LogP contribution in [0.25, 0.3) is 0 Å². The minimum Gasteiger partial charge on any atom is -0.378 e. The lowest BCUT2D eigenvalue weighted by Crippen LogP contribution is -2.15. The summed E-state index contributed by atoms with van der Waals surface area (Å²) < 4.78 is 13.4. The molecule has 0 spiro atoms. The van der Waals surface area contributed by atoms with E-state index >= 15 is 0 Å². The van der Waals surface area contributed by atoms with Crippen molar-refractivity contribution in [3.05, 3.63) is 78.2 Å². The highest BCUT2D eigenvalue weighted by atomic mass is 19.1. The zero-order valence-electron chi connectivity index (χ0n) is 14.5. The predicted molar refractivity (Wildman–Crippen MR) is 103 cm³/mol. The summed E-state index contributed by atoms with van der Waals surface area (Å²) in [7, 11) is 3.90. The Balaban J connectivity index is 1.79. The number of nitrogens with one attached hydrogen (secondary N) is 2. The van der Waals surface area contributed by atoms with Gasteiger partial charge in [-0.1, -0.05) is 6.07 Å². The van der Waals surface area contributed by atoms with Gasteiger partial charge in [0.2, 0.25) is 0 Å². The number of carbonyl (C=O) groups is 1. The van der Waals surface area contributed by atoms with Gasteiger partial charge in [-0.05, 0) is 54.6 Å². The number of carbonyl (C=O) groups excluding carboxylic acids is 1. The Morgan fingerprint density at radius 1 is 1.00 bits per heavy atom. The van der Waals surface area contributed by atoms with Crippen LogP contribution in [-0.2, 0) is 0 Å². The van der Waals surface area contributed by atoms with E-state index in [1.165, 1.54) is 12.1 Å². The molecule has 0 aliphatic carbocycles. The average molecular weight is 350 g/mol.